The zero-order chi connectivity index (χ0) is 22.7. The van der Waals surface area contributed by atoms with Crippen LogP contribution in [0.2, 0.25) is 5.15 Å². The third-order valence-electron chi connectivity index (χ3n) is 4.91. The molecule has 0 aromatic carbocycles. The minimum absolute atomic E-state index is 0.129. The van der Waals surface area contributed by atoms with E-state index in [4.69, 9.17) is 20.8 Å². The number of aromatic nitrogens is 3. The van der Waals surface area contributed by atoms with E-state index in [1.165, 1.54) is 0 Å². The van der Waals surface area contributed by atoms with Crippen LogP contribution in [0.1, 0.15) is 35.1 Å². The van der Waals surface area contributed by atoms with E-state index >= 15 is 0 Å². The quantitative estimate of drug-likeness (QED) is 0.508. The third kappa shape index (κ3) is 5.31. The number of nitrogens with one attached hydrogen (secondary N) is 2. The second-order valence-electron chi connectivity index (χ2n) is 7.10. The van der Waals surface area contributed by atoms with Crippen LogP contribution in [0, 0.1) is 0 Å². The molecule has 1 aliphatic rings. The Morgan fingerprint density at radius 3 is 2.88 bits per heavy atom. The van der Waals surface area contributed by atoms with Gasteiger partial charge in [0, 0.05) is 24.3 Å². The first kappa shape index (κ1) is 22.4. The minimum Gasteiger partial charge on any atom is -0.447 e. The number of hydrogen-bond acceptors (Lipinski definition) is 7. The van der Waals surface area contributed by atoms with Crippen LogP contribution in [0.25, 0.3) is 5.52 Å². The van der Waals surface area contributed by atoms with E-state index in [1.54, 1.807) is 16.7 Å². The zero-order valence-electron chi connectivity index (χ0n) is 16.6. The first-order chi connectivity index (χ1) is 15.3. The highest BCUT2D eigenvalue weighted by atomic mass is 35.5. The predicted octanol–water partition coefficient (Wildman–Crippen LogP) is 3.11. The summed E-state index contributed by atoms with van der Waals surface area (Å²) in [4.78, 5) is 12.7. The van der Waals surface area contributed by atoms with Crippen molar-refractivity contribution in [2.24, 2.45) is 0 Å². The van der Waals surface area contributed by atoms with E-state index in [2.05, 4.69) is 25.6 Å². The van der Waals surface area contributed by atoms with E-state index in [0.29, 0.717) is 30.1 Å². The molecule has 9 nitrogen and oxygen atoms in total. The number of carbonyl (C=O) groups is 1. The monoisotopic (exact) mass is 473 g/mol. The van der Waals surface area contributed by atoms with Gasteiger partial charge in [-0.15, -0.1) is 18.3 Å². The van der Waals surface area contributed by atoms with Gasteiger partial charge < -0.3 is 24.2 Å². The second kappa shape index (κ2) is 9.35. The van der Waals surface area contributed by atoms with Crippen LogP contribution in [0.5, 0.6) is 6.08 Å². The molecule has 13 heteroatoms. The summed E-state index contributed by atoms with van der Waals surface area (Å²) >= 11 is 6.33. The van der Waals surface area contributed by atoms with Crippen molar-refractivity contribution in [2.75, 3.05) is 19.8 Å². The molecule has 0 spiro atoms. The average molecular weight is 474 g/mol. The van der Waals surface area contributed by atoms with Gasteiger partial charge in [-0.1, -0.05) is 22.8 Å². The number of rotatable bonds is 7. The van der Waals surface area contributed by atoms with E-state index in [-0.39, 0.29) is 36.6 Å². The maximum absolute atomic E-state index is 12.7. The fourth-order valence-corrected chi connectivity index (χ4v) is 3.70. The highest BCUT2D eigenvalue weighted by Crippen LogP contribution is 2.25. The summed E-state index contributed by atoms with van der Waals surface area (Å²) in [5.41, 5.74) is 1.22. The van der Waals surface area contributed by atoms with Crippen LogP contribution in [-0.4, -0.2) is 52.7 Å². The predicted molar refractivity (Wildman–Crippen MR) is 105 cm³/mol. The topological polar surface area (TPSA) is 103 Å². The lowest BCUT2D eigenvalue weighted by Gasteiger charge is -2.28. The van der Waals surface area contributed by atoms with Crippen LogP contribution in [0.4, 0.5) is 13.2 Å². The highest BCUT2D eigenvalue weighted by molar-refractivity contribution is 6.33. The number of alkyl halides is 3. The van der Waals surface area contributed by atoms with Gasteiger partial charge in [0.2, 0.25) is 5.89 Å². The summed E-state index contributed by atoms with van der Waals surface area (Å²) in [5.74, 6) is -0.0123. The largest absolute Gasteiger partial charge is 0.522 e. The van der Waals surface area contributed by atoms with Crippen LogP contribution in [-0.2, 0) is 4.74 Å². The van der Waals surface area contributed by atoms with Crippen molar-refractivity contribution in [3.05, 3.63) is 47.1 Å². The summed E-state index contributed by atoms with van der Waals surface area (Å²) in [7, 11) is 0. The van der Waals surface area contributed by atoms with Gasteiger partial charge in [0.05, 0.1) is 18.2 Å². The summed E-state index contributed by atoms with van der Waals surface area (Å²) in [5, 5.41) is 14.0. The van der Waals surface area contributed by atoms with Crippen LogP contribution in [0.15, 0.2) is 34.9 Å². The number of amides is 1. The van der Waals surface area contributed by atoms with Crippen molar-refractivity contribution < 1.29 is 31.9 Å². The molecule has 0 saturated carbocycles. The fraction of sp³-hybridized carbons (Fsp3) is 0.421. The van der Waals surface area contributed by atoms with Gasteiger partial charge in [0.15, 0.2) is 0 Å². The molecule has 0 unspecified atom stereocenters. The standard InChI is InChI=1S/C19H19ClF3N5O4/c20-15-13(9-12-3-1-2-6-28(12)15)16(29)25-11-4-5-14(24-10-11)17-26-27-18(32-17)30-7-8-31-19(21,22)23/h1-3,6,9,11,14,24H,4-5,7-8,10H2,(H,25,29)/t11-,14+/m0/s1. The Kier molecular flexibility index (Phi) is 6.53. The van der Waals surface area contributed by atoms with Crippen molar-refractivity contribution >= 4 is 23.0 Å². The molecule has 2 atom stereocenters. The molecule has 4 rings (SSSR count). The molecular formula is C19H19ClF3N5O4. The molecule has 0 aliphatic carbocycles. The Balaban J connectivity index is 1.26. The molecule has 3 aromatic rings. The number of ether oxygens (including phenoxy) is 2. The molecule has 3 aromatic heterocycles. The normalized spacial score (nSPS) is 19.2. The van der Waals surface area contributed by atoms with Gasteiger partial charge in [-0.3, -0.25) is 9.53 Å². The Bertz CT molecular complexity index is 1080. The Hall–Kier alpha value is -2.83. The molecule has 1 fully saturated rings. The molecule has 1 saturated heterocycles. The van der Waals surface area contributed by atoms with Crippen LogP contribution < -0.4 is 15.4 Å². The molecule has 2 N–H and O–H groups in total. The third-order valence-corrected chi connectivity index (χ3v) is 5.29. The van der Waals surface area contributed by atoms with Gasteiger partial charge in [-0.25, -0.2) is 0 Å². The first-order valence-electron chi connectivity index (χ1n) is 9.77. The van der Waals surface area contributed by atoms with Crippen LogP contribution in [0.3, 0.4) is 0 Å². The van der Waals surface area contributed by atoms with Gasteiger partial charge in [-0.2, -0.15) is 0 Å². The molecule has 0 radical (unpaired) electrons. The van der Waals surface area contributed by atoms with Crippen LogP contribution >= 0.6 is 11.6 Å². The smallest absolute Gasteiger partial charge is 0.447 e. The summed E-state index contributed by atoms with van der Waals surface area (Å²) in [6.45, 7) is -0.615. The number of nitrogens with zero attached hydrogens (tertiary/aromatic N) is 3. The van der Waals surface area contributed by atoms with Gasteiger partial charge >= 0.3 is 12.4 Å². The number of piperidine rings is 1. The number of halogens is 4. The minimum atomic E-state index is -4.72. The first-order valence-corrected chi connectivity index (χ1v) is 10.1. The fourth-order valence-electron chi connectivity index (χ4n) is 3.41. The molecule has 0 bridgehead atoms. The lowest BCUT2D eigenvalue weighted by Crippen LogP contribution is -2.46. The van der Waals surface area contributed by atoms with E-state index < -0.39 is 13.0 Å². The van der Waals surface area contributed by atoms with Gasteiger partial charge in [0.25, 0.3) is 5.91 Å². The highest BCUT2D eigenvalue weighted by Gasteiger charge is 2.30. The van der Waals surface area contributed by atoms with E-state index in [1.807, 2.05) is 18.2 Å². The van der Waals surface area contributed by atoms with Crippen molar-refractivity contribution in [2.45, 2.75) is 31.3 Å². The SMILES string of the molecule is O=C(N[C@H]1CC[C@H](c2nnc(OCCOC(F)(F)F)o2)NC1)c1cc2ccccn2c1Cl. The summed E-state index contributed by atoms with van der Waals surface area (Å²) in [6.07, 6.45) is -1.94. The number of hydrogen-bond donors (Lipinski definition) is 2. The maximum Gasteiger partial charge on any atom is 0.522 e. The molecule has 1 amide bonds. The molecule has 32 heavy (non-hydrogen) atoms. The molecule has 172 valence electrons. The molecule has 1 aliphatic heterocycles. The Morgan fingerprint density at radius 2 is 2.16 bits per heavy atom. The maximum atomic E-state index is 12.7. The van der Waals surface area contributed by atoms with Crippen molar-refractivity contribution in [1.29, 1.82) is 0 Å². The Labute approximate surface area is 184 Å². The summed E-state index contributed by atoms with van der Waals surface area (Å²) in [6, 6.07) is 6.90. The molecular weight excluding hydrogens is 455 g/mol. The number of fused-ring (bicyclic) bond motifs is 1. The summed E-state index contributed by atoms with van der Waals surface area (Å²) < 4.78 is 51.4. The zero-order valence-corrected chi connectivity index (χ0v) is 17.3. The van der Waals surface area contributed by atoms with E-state index in [0.717, 1.165) is 5.52 Å². The Morgan fingerprint density at radius 1 is 1.31 bits per heavy atom. The van der Waals surface area contributed by atoms with Gasteiger partial charge in [0.1, 0.15) is 11.8 Å². The lowest BCUT2D eigenvalue weighted by atomic mass is 10.0. The van der Waals surface area contributed by atoms with Crippen molar-refractivity contribution in [3.63, 3.8) is 0 Å². The number of carbonyl (C=O) groups excluding carboxylic acids is 1. The average Bonchev–Trinajstić information content (AvgIpc) is 3.36. The van der Waals surface area contributed by atoms with Crippen molar-refractivity contribution in [1.82, 2.24) is 25.2 Å². The number of pyridine rings is 1. The van der Waals surface area contributed by atoms with Gasteiger partial charge in [-0.05, 0) is 31.0 Å². The lowest BCUT2D eigenvalue weighted by molar-refractivity contribution is -0.325. The van der Waals surface area contributed by atoms with E-state index in [9.17, 15) is 18.0 Å². The van der Waals surface area contributed by atoms with Crippen molar-refractivity contribution in [3.8, 4) is 6.08 Å². The molecule has 4 heterocycles. The second-order valence-corrected chi connectivity index (χ2v) is 7.46.